The maximum Gasteiger partial charge on any atom is 0.326 e. The Morgan fingerprint density at radius 2 is 1.86 bits per heavy atom. The average Bonchev–Trinajstić information content (AvgIpc) is 3.04. The number of benzene rings is 1. The number of hydrogen-bond acceptors (Lipinski definition) is 4. The van der Waals surface area contributed by atoms with Crippen molar-refractivity contribution in [3.05, 3.63) is 34.2 Å². The number of aromatic nitrogens is 2. The molecule has 4 rings (SSSR count). The minimum Gasteiger partial charge on any atom is -0.379 e. The second kappa shape index (κ2) is 9.13. The fraction of sp³-hybridized carbons (Fsp3) is 0.619. The third-order valence-electron chi connectivity index (χ3n) is 6.27. The van der Waals surface area contributed by atoms with Gasteiger partial charge in [0.1, 0.15) is 0 Å². The summed E-state index contributed by atoms with van der Waals surface area (Å²) in [7, 11) is 0. The summed E-state index contributed by atoms with van der Waals surface area (Å²) in [6.07, 6.45) is 7.17. The molecule has 2 fully saturated rings. The Balaban J connectivity index is 0.00000225. The number of nitrogens with zero attached hydrogens (tertiary/aromatic N) is 3. The van der Waals surface area contributed by atoms with E-state index < -0.39 is 0 Å². The van der Waals surface area contributed by atoms with Crippen LogP contribution in [0.25, 0.3) is 11.0 Å². The van der Waals surface area contributed by atoms with E-state index in [9.17, 15) is 10.1 Å². The van der Waals surface area contributed by atoms with Crippen molar-refractivity contribution >= 4 is 23.4 Å². The lowest BCUT2D eigenvalue weighted by Crippen LogP contribution is -2.45. The molecule has 1 saturated carbocycles. The molecule has 152 valence electrons. The van der Waals surface area contributed by atoms with Gasteiger partial charge in [-0.15, -0.1) is 12.4 Å². The zero-order valence-electron chi connectivity index (χ0n) is 16.4. The lowest BCUT2D eigenvalue weighted by molar-refractivity contribution is 0.00796. The molecule has 1 aromatic heterocycles. The molecule has 1 aliphatic heterocycles. The molecule has 0 unspecified atom stereocenters. The number of ether oxygens (including phenoxy) is 1. The van der Waals surface area contributed by atoms with Crippen LogP contribution in [0.3, 0.4) is 0 Å². The van der Waals surface area contributed by atoms with Crippen molar-refractivity contribution in [3.63, 3.8) is 0 Å². The lowest BCUT2D eigenvalue weighted by Gasteiger charge is -2.40. The zero-order valence-corrected chi connectivity index (χ0v) is 17.2. The van der Waals surface area contributed by atoms with E-state index in [0.29, 0.717) is 17.7 Å². The SMILES string of the molecule is CCOC1CCC(N2CCC(n3c(=O)[nH]c4ccc(C#N)cc43)CC2)CC1.Cl. The summed E-state index contributed by atoms with van der Waals surface area (Å²) in [5, 5.41) is 9.17. The summed E-state index contributed by atoms with van der Waals surface area (Å²) < 4.78 is 7.65. The number of likely N-dealkylation sites (tertiary alicyclic amines) is 1. The van der Waals surface area contributed by atoms with Gasteiger partial charge < -0.3 is 14.6 Å². The topological polar surface area (TPSA) is 74.0 Å². The highest BCUT2D eigenvalue weighted by atomic mass is 35.5. The summed E-state index contributed by atoms with van der Waals surface area (Å²) in [5.74, 6) is 0. The van der Waals surface area contributed by atoms with Crippen LogP contribution in [-0.4, -0.2) is 46.3 Å². The molecule has 7 heteroatoms. The van der Waals surface area contributed by atoms with Crippen LogP contribution in [0.15, 0.2) is 23.0 Å². The summed E-state index contributed by atoms with van der Waals surface area (Å²) in [6.45, 7) is 4.95. The number of nitrogens with one attached hydrogen (secondary N) is 1. The molecule has 0 amide bonds. The van der Waals surface area contributed by atoms with Crippen molar-refractivity contribution in [3.8, 4) is 6.07 Å². The number of nitriles is 1. The fourth-order valence-corrected chi connectivity index (χ4v) is 4.88. The molecule has 1 aromatic carbocycles. The predicted molar refractivity (Wildman–Crippen MR) is 112 cm³/mol. The molecule has 0 spiro atoms. The van der Waals surface area contributed by atoms with Gasteiger partial charge in [-0.2, -0.15) is 5.26 Å². The van der Waals surface area contributed by atoms with Crippen molar-refractivity contribution in [2.75, 3.05) is 19.7 Å². The van der Waals surface area contributed by atoms with E-state index in [-0.39, 0.29) is 24.1 Å². The van der Waals surface area contributed by atoms with Crippen LogP contribution in [0.4, 0.5) is 0 Å². The minimum atomic E-state index is -0.0595. The highest BCUT2D eigenvalue weighted by molar-refractivity contribution is 5.85. The molecule has 0 atom stereocenters. The molecule has 0 bridgehead atoms. The second-order valence-corrected chi connectivity index (χ2v) is 7.80. The van der Waals surface area contributed by atoms with Gasteiger partial charge in [0.05, 0.1) is 28.8 Å². The highest BCUT2D eigenvalue weighted by Gasteiger charge is 2.30. The molecule has 1 aliphatic carbocycles. The summed E-state index contributed by atoms with van der Waals surface area (Å²) in [5.41, 5.74) is 2.21. The first kappa shape index (κ1) is 20.9. The molecule has 28 heavy (non-hydrogen) atoms. The van der Waals surface area contributed by atoms with E-state index in [1.54, 1.807) is 6.07 Å². The molecule has 2 aliphatic rings. The number of piperidine rings is 1. The Morgan fingerprint density at radius 3 is 2.50 bits per heavy atom. The standard InChI is InChI=1S/C21H28N4O2.ClH/c1-2-27-18-6-4-16(5-7-18)24-11-9-17(10-12-24)25-20-13-15(14-22)3-8-19(20)23-21(25)26;/h3,8,13,16-18H,2,4-7,9-12H2,1H3,(H,23,26);1H. The third-order valence-corrected chi connectivity index (χ3v) is 6.27. The molecule has 0 radical (unpaired) electrons. The monoisotopic (exact) mass is 404 g/mol. The maximum absolute atomic E-state index is 12.5. The third kappa shape index (κ3) is 4.12. The second-order valence-electron chi connectivity index (χ2n) is 7.80. The Hall–Kier alpha value is -1.81. The quantitative estimate of drug-likeness (QED) is 0.844. The predicted octanol–water partition coefficient (Wildman–Crippen LogP) is 3.61. The van der Waals surface area contributed by atoms with Crippen molar-refractivity contribution in [1.29, 1.82) is 5.26 Å². The Labute approximate surface area is 171 Å². The number of rotatable bonds is 4. The normalized spacial score (nSPS) is 24.0. The molecular formula is C21H29ClN4O2. The van der Waals surface area contributed by atoms with Crippen LogP contribution in [0, 0.1) is 11.3 Å². The molecule has 2 heterocycles. The number of halogens is 1. The number of H-pyrrole nitrogens is 1. The van der Waals surface area contributed by atoms with Crippen LogP contribution in [0.2, 0.25) is 0 Å². The number of fused-ring (bicyclic) bond motifs is 1. The summed E-state index contributed by atoms with van der Waals surface area (Å²) in [4.78, 5) is 18.1. The number of hydrogen-bond donors (Lipinski definition) is 1. The fourth-order valence-electron chi connectivity index (χ4n) is 4.88. The van der Waals surface area contributed by atoms with Crippen LogP contribution in [0.5, 0.6) is 0 Å². The Kier molecular flexibility index (Phi) is 6.82. The first-order valence-corrected chi connectivity index (χ1v) is 10.2. The Morgan fingerprint density at radius 1 is 1.14 bits per heavy atom. The van der Waals surface area contributed by atoms with E-state index in [1.165, 1.54) is 12.8 Å². The molecule has 2 aromatic rings. The van der Waals surface area contributed by atoms with Crippen molar-refractivity contribution in [2.45, 2.75) is 63.6 Å². The molecule has 6 nitrogen and oxygen atoms in total. The van der Waals surface area contributed by atoms with Crippen LogP contribution in [-0.2, 0) is 4.74 Å². The minimum absolute atomic E-state index is 0. The van der Waals surface area contributed by atoms with E-state index in [1.807, 2.05) is 16.7 Å². The summed E-state index contributed by atoms with van der Waals surface area (Å²) >= 11 is 0. The Bertz CT molecular complexity index is 884. The van der Waals surface area contributed by atoms with Gasteiger partial charge in [0.2, 0.25) is 0 Å². The number of imidazole rings is 1. The van der Waals surface area contributed by atoms with Crippen LogP contribution < -0.4 is 5.69 Å². The van der Waals surface area contributed by atoms with Gasteiger partial charge in [0.25, 0.3) is 0 Å². The van der Waals surface area contributed by atoms with Gasteiger partial charge in [-0.3, -0.25) is 4.57 Å². The highest BCUT2D eigenvalue weighted by Crippen LogP contribution is 2.31. The van der Waals surface area contributed by atoms with Crippen LogP contribution in [0.1, 0.15) is 57.1 Å². The molecular weight excluding hydrogens is 376 g/mol. The first-order chi connectivity index (χ1) is 13.2. The van der Waals surface area contributed by atoms with E-state index >= 15 is 0 Å². The van der Waals surface area contributed by atoms with E-state index in [4.69, 9.17) is 4.74 Å². The smallest absolute Gasteiger partial charge is 0.326 e. The first-order valence-electron chi connectivity index (χ1n) is 10.2. The van der Waals surface area contributed by atoms with Gasteiger partial charge in [0.15, 0.2) is 0 Å². The van der Waals surface area contributed by atoms with Gasteiger partial charge in [0, 0.05) is 31.8 Å². The largest absolute Gasteiger partial charge is 0.379 e. The van der Waals surface area contributed by atoms with Crippen molar-refractivity contribution in [1.82, 2.24) is 14.5 Å². The molecule has 1 saturated heterocycles. The zero-order chi connectivity index (χ0) is 18.8. The van der Waals surface area contributed by atoms with Crippen molar-refractivity contribution in [2.24, 2.45) is 0 Å². The number of aromatic amines is 1. The van der Waals surface area contributed by atoms with Crippen molar-refractivity contribution < 1.29 is 4.74 Å². The van der Waals surface area contributed by atoms with Gasteiger partial charge in [-0.25, -0.2) is 4.79 Å². The summed E-state index contributed by atoms with van der Waals surface area (Å²) in [6, 6.07) is 8.45. The maximum atomic E-state index is 12.5. The van der Waals surface area contributed by atoms with Gasteiger partial charge >= 0.3 is 5.69 Å². The average molecular weight is 405 g/mol. The molecule has 1 N–H and O–H groups in total. The lowest BCUT2D eigenvalue weighted by atomic mass is 9.90. The van der Waals surface area contributed by atoms with Gasteiger partial charge in [-0.05, 0) is 63.6 Å². The van der Waals surface area contributed by atoms with E-state index in [2.05, 4.69) is 22.9 Å². The van der Waals surface area contributed by atoms with Crippen LogP contribution >= 0.6 is 12.4 Å². The van der Waals surface area contributed by atoms with Gasteiger partial charge in [-0.1, -0.05) is 0 Å². The van der Waals surface area contributed by atoms with E-state index in [0.717, 1.165) is 56.4 Å².